The molecule has 1 fully saturated rings. The molecule has 0 spiro atoms. The van der Waals surface area contributed by atoms with E-state index < -0.39 is 5.60 Å². The average molecular weight is 336 g/mol. The van der Waals surface area contributed by atoms with Gasteiger partial charge in [0, 0.05) is 38.3 Å². The lowest BCUT2D eigenvalue weighted by Crippen LogP contribution is -2.49. The van der Waals surface area contributed by atoms with Gasteiger partial charge in [-0.05, 0) is 32.4 Å². The zero-order valence-electron chi connectivity index (χ0n) is 15.0. The number of hydrogen-bond acceptors (Lipinski definition) is 5. The van der Waals surface area contributed by atoms with Crippen LogP contribution in [-0.4, -0.2) is 59.9 Å². The molecule has 1 aromatic carbocycles. The number of aliphatic hydroxyl groups excluding tert-OH is 1. The molecule has 6 heteroatoms. The first-order valence-corrected chi connectivity index (χ1v) is 8.29. The molecule has 1 amide bonds. The van der Waals surface area contributed by atoms with E-state index in [4.69, 9.17) is 9.47 Å². The Hall–Kier alpha value is -1.79. The predicted molar refractivity (Wildman–Crippen MR) is 92.0 cm³/mol. The Bertz CT molecular complexity index is 561. The van der Waals surface area contributed by atoms with Crippen LogP contribution in [0.4, 0.5) is 4.79 Å². The number of carbonyl (C=O) groups is 1. The largest absolute Gasteiger partial charge is 0.496 e. The number of ether oxygens (including phenoxy) is 2. The highest BCUT2D eigenvalue weighted by molar-refractivity contribution is 5.68. The van der Waals surface area contributed by atoms with Gasteiger partial charge in [0.15, 0.2) is 0 Å². The maximum absolute atomic E-state index is 12.1. The summed E-state index contributed by atoms with van der Waals surface area (Å²) in [6.45, 7) is 9.36. The molecule has 1 N–H and O–H groups in total. The van der Waals surface area contributed by atoms with Gasteiger partial charge in [0.2, 0.25) is 0 Å². The molecule has 0 saturated carbocycles. The molecule has 2 rings (SSSR count). The molecule has 1 saturated heterocycles. The van der Waals surface area contributed by atoms with E-state index in [-0.39, 0.29) is 12.7 Å². The first-order valence-electron chi connectivity index (χ1n) is 8.29. The van der Waals surface area contributed by atoms with Crippen LogP contribution < -0.4 is 4.74 Å². The smallest absolute Gasteiger partial charge is 0.410 e. The maximum Gasteiger partial charge on any atom is 0.410 e. The minimum Gasteiger partial charge on any atom is -0.496 e. The zero-order chi connectivity index (χ0) is 17.7. The van der Waals surface area contributed by atoms with Gasteiger partial charge >= 0.3 is 6.09 Å². The number of methoxy groups -OCH3 is 1. The van der Waals surface area contributed by atoms with Crippen LogP contribution in [0, 0.1) is 0 Å². The minimum absolute atomic E-state index is 0.0297. The fourth-order valence-corrected chi connectivity index (χ4v) is 2.69. The molecule has 6 nitrogen and oxygen atoms in total. The number of nitrogens with zero attached hydrogens (tertiary/aromatic N) is 2. The highest BCUT2D eigenvalue weighted by Gasteiger charge is 2.25. The Balaban J connectivity index is 1.88. The third-order valence-electron chi connectivity index (χ3n) is 3.95. The van der Waals surface area contributed by atoms with Crippen LogP contribution in [0.3, 0.4) is 0 Å². The van der Waals surface area contributed by atoms with Crippen LogP contribution >= 0.6 is 0 Å². The number of piperazine rings is 1. The summed E-state index contributed by atoms with van der Waals surface area (Å²) in [6.07, 6.45) is -0.240. The van der Waals surface area contributed by atoms with Gasteiger partial charge in [-0.15, -0.1) is 0 Å². The summed E-state index contributed by atoms with van der Waals surface area (Å²) in [5.74, 6) is 0.711. The van der Waals surface area contributed by atoms with Gasteiger partial charge in [-0.3, -0.25) is 4.90 Å². The molecule has 134 valence electrons. The van der Waals surface area contributed by atoms with Crippen molar-refractivity contribution in [2.75, 3.05) is 33.3 Å². The fraction of sp³-hybridized carbons (Fsp3) is 0.611. The number of hydrogen-bond donors (Lipinski definition) is 1. The second-order valence-electron chi connectivity index (χ2n) is 7.05. The fourth-order valence-electron chi connectivity index (χ4n) is 2.69. The van der Waals surface area contributed by atoms with Gasteiger partial charge in [-0.1, -0.05) is 12.1 Å². The monoisotopic (exact) mass is 336 g/mol. The van der Waals surface area contributed by atoms with Gasteiger partial charge in [-0.25, -0.2) is 4.79 Å². The highest BCUT2D eigenvalue weighted by Crippen LogP contribution is 2.21. The summed E-state index contributed by atoms with van der Waals surface area (Å²) in [5, 5.41) is 9.28. The molecule has 1 heterocycles. The van der Waals surface area contributed by atoms with E-state index in [0.29, 0.717) is 18.8 Å². The third-order valence-corrected chi connectivity index (χ3v) is 3.95. The Morgan fingerprint density at radius 3 is 2.42 bits per heavy atom. The summed E-state index contributed by atoms with van der Waals surface area (Å²) < 4.78 is 10.7. The molecule has 0 aliphatic carbocycles. The standard InChI is InChI=1S/C18H28N2O4/c1-18(2,3)24-17(22)20-9-7-19(8-10-20)12-14-5-6-15(13-21)16(11-14)23-4/h5-6,11,21H,7-10,12-13H2,1-4H3. The molecule has 0 aromatic heterocycles. The van der Waals surface area contributed by atoms with Crippen LogP contribution in [0.5, 0.6) is 5.75 Å². The number of carbonyl (C=O) groups excluding carboxylic acids is 1. The van der Waals surface area contributed by atoms with E-state index in [1.807, 2.05) is 39.0 Å². The number of aliphatic hydroxyl groups is 1. The van der Waals surface area contributed by atoms with Crippen molar-refractivity contribution >= 4 is 6.09 Å². The van der Waals surface area contributed by atoms with Gasteiger partial charge in [0.1, 0.15) is 11.4 Å². The lowest BCUT2D eigenvalue weighted by atomic mass is 10.1. The van der Waals surface area contributed by atoms with Crippen molar-refractivity contribution < 1.29 is 19.4 Å². The van der Waals surface area contributed by atoms with E-state index >= 15 is 0 Å². The first kappa shape index (κ1) is 18.5. The molecule has 24 heavy (non-hydrogen) atoms. The zero-order valence-corrected chi connectivity index (χ0v) is 15.0. The molecular weight excluding hydrogens is 308 g/mol. The van der Waals surface area contributed by atoms with E-state index in [1.165, 1.54) is 0 Å². The quantitative estimate of drug-likeness (QED) is 0.914. The van der Waals surface area contributed by atoms with E-state index in [0.717, 1.165) is 30.8 Å². The molecular formula is C18H28N2O4. The molecule has 1 aromatic rings. The summed E-state index contributed by atoms with van der Waals surface area (Å²) in [4.78, 5) is 16.1. The Kier molecular flexibility index (Phi) is 6.07. The molecule has 0 unspecified atom stereocenters. The van der Waals surface area contributed by atoms with Crippen LogP contribution in [0.25, 0.3) is 0 Å². The van der Waals surface area contributed by atoms with E-state index in [2.05, 4.69) is 4.90 Å². The van der Waals surface area contributed by atoms with Crippen LogP contribution in [0.2, 0.25) is 0 Å². The van der Waals surface area contributed by atoms with Crippen molar-refractivity contribution in [2.45, 2.75) is 39.5 Å². The number of benzene rings is 1. The highest BCUT2D eigenvalue weighted by atomic mass is 16.6. The van der Waals surface area contributed by atoms with Crippen molar-refractivity contribution in [3.63, 3.8) is 0 Å². The van der Waals surface area contributed by atoms with Crippen molar-refractivity contribution in [3.05, 3.63) is 29.3 Å². The lowest BCUT2D eigenvalue weighted by Gasteiger charge is -2.35. The summed E-state index contributed by atoms with van der Waals surface area (Å²) in [7, 11) is 1.61. The number of amides is 1. The van der Waals surface area contributed by atoms with Gasteiger partial charge in [0.05, 0.1) is 13.7 Å². The van der Waals surface area contributed by atoms with Crippen molar-refractivity contribution in [2.24, 2.45) is 0 Å². The van der Waals surface area contributed by atoms with Gasteiger partial charge < -0.3 is 19.5 Å². The first-order chi connectivity index (χ1) is 11.3. The normalized spacial score (nSPS) is 16.1. The van der Waals surface area contributed by atoms with Crippen molar-refractivity contribution in [1.29, 1.82) is 0 Å². The van der Waals surface area contributed by atoms with Crippen molar-refractivity contribution in [1.82, 2.24) is 9.80 Å². The number of rotatable bonds is 4. The second kappa shape index (κ2) is 7.85. The molecule has 0 radical (unpaired) electrons. The van der Waals surface area contributed by atoms with E-state index in [1.54, 1.807) is 12.0 Å². The van der Waals surface area contributed by atoms with Gasteiger partial charge in [0.25, 0.3) is 0 Å². The SMILES string of the molecule is COc1cc(CN2CCN(C(=O)OC(C)(C)C)CC2)ccc1CO. The van der Waals surface area contributed by atoms with Crippen molar-refractivity contribution in [3.8, 4) is 5.75 Å². The topological polar surface area (TPSA) is 62.2 Å². The minimum atomic E-state index is -0.459. The molecule has 0 bridgehead atoms. The molecule has 1 aliphatic heterocycles. The summed E-state index contributed by atoms with van der Waals surface area (Å²) >= 11 is 0. The Morgan fingerprint density at radius 2 is 1.88 bits per heavy atom. The van der Waals surface area contributed by atoms with Crippen LogP contribution in [0.1, 0.15) is 31.9 Å². The average Bonchev–Trinajstić information content (AvgIpc) is 2.53. The Morgan fingerprint density at radius 1 is 1.21 bits per heavy atom. The third kappa shape index (κ3) is 5.11. The van der Waals surface area contributed by atoms with E-state index in [9.17, 15) is 9.90 Å². The molecule has 1 aliphatic rings. The van der Waals surface area contributed by atoms with Gasteiger partial charge in [-0.2, -0.15) is 0 Å². The summed E-state index contributed by atoms with van der Waals surface area (Å²) in [5.41, 5.74) is 1.46. The molecule has 0 atom stereocenters. The van der Waals surface area contributed by atoms with Crippen LogP contribution in [-0.2, 0) is 17.9 Å². The Labute approximate surface area is 144 Å². The second-order valence-corrected chi connectivity index (χ2v) is 7.05. The predicted octanol–water partition coefficient (Wildman–Crippen LogP) is 2.24. The maximum atomic E-state index is 12.1. The lowest BCUT2D eigenvalue weighted by molar-refractivity contribution is 0.0139. The van der Waals surface area contributed by atoms with Crippen LogP contribution in [0.15, 0.2) is 18.2 Å². The summed E-state index contributed by atoms with van der Waals surface area (Å²) in [6, 6.07) is 5.87.